The van der Waals surface area contributed by atoms with Gasteiger partial charge < -0.3 is 9.47 Å². The minimum Gasteiger partial charge on any atom is -0.421 e. The monoisotopic (exact) mass is 494 g/mol. The molecule has 4 rings (SSSR count). The Labute approximate surface area is 182 Å². The maximum Gasteiger partial charge on any atom is 0.507 e. The van der Waals surface area contributed by atoms with Crippen molar-refractivity contribution in [3.8, 4) is 17.2 Å². The number of fused-ring (bicyclic) bond motifs is 1. The summed E-state index contributed by atoms with van der Waals surface area (Å²) in [6.45, 7) is 1.68. The summed E-state index contributed by atoms with van der Waals surface area (Å²) in [7, 11) is -4.15. The van der Waals surface area contributed by atoms with Crippen molar-refractivity contribution in [2.24, 2.45) is 4.40 Å². The van der Waals surface area contributed by atoms with Gasteiger partial charge >= 0.3 is 12.2 Å². The molecule has 13 heteroatoms. The Hall–Kier alpha value is -2.57. The van der Waals surface area contributed by atoms with Gasteiger partial charge in [0.1, 0.15) is 0 Å². The highest BCUT2D eigenvalue weighted by atomic mass is 35.5. The molecule has 2 aromatic carbocycles. The largest absolute Gasteiger partial charge is 0.507 e. The molecule has 0 aliphatic carbocycles. The van der Waals surface area contributed by atoms with E-state index in [2.05, 4.69) is 13.9 Å². The molecule has 0 N–H and O–H groups in total. The number of halogens is 5. The van der Waals surface area contributed by atoms with Gasteiger partial charge in [-0.05, 0) is 37.3 Å². The first-order valence-electron chi connectivity index (χ1n) is 8.42. The van der Waals surface area contributed by atoms with Crippen LogP contribution in [0.3, 0.4) is 0 Å². The van der Waals surface area contributed by atoms with Gasteiger partial charge in [-0.3, -0.25) is 4.57 Å². The molecule has 0 spiro atoms. The molecule has 2 heterocycles. The lowest BCUT2D eigenvalue weighted by atomic mass is 10.2. The molecule has 1 aliphatic heterocycles. The maximum absolute atomic E-state index is 13.5. The second-order valence-electron chi connectivity index (χ2n) is 6.39. The lowest BCUT2D eigenvalue weighted by molar-refractivity contribution is -0.391. The van der Waals surface area contributed by atoms with Crippen molar-refractivity contribution in [3.05, 3.63) is 63.4 Å². The van der Waals surface area contributed by atoms with E-state index in [0.717, 1.165) is 23.5 Å². The molecule has 0 bridgehead atoms. The van der Waals surface area contributed by atoms with Gasteiger partial charge in [-0.25, -0.2) is 0 Å². The van der Waals surface area contributed by atoms with E-state index in [1.165, 1.54) is 41.1 Å². The first-order valence-corrected chi connectivity index (χ1v) is 11.1. The van der Waals surface area contributed by atoms with Crippen molar-refractivity contribution in [1.82, 2.24) is 4.57 Å². The van der Waals surface area contributed by atoms with Crippen molar-refractivity contribution in [2.45, 2.75) is 24.0 Å². The quantitative estimate of drug-likeness (QED) is 0.493. The number of hydrogen-bond acceptors (Lipinski definition) is 5. The summed E-state index contributed by atoms with van der Waals surface area (Å²) in [6, 6.07) is 8.83. The topological polar surface area (TPSA) is 69.9 Å². The smallest absolute Gasteiger partial charge is 0.421 e. The second kappa shape index (κ2) is 7.24. The van der Waals surface area contributed by atoms with Gasteiger partial charge in [-0.2, -0.15) is 26.0 Å². The summed E-state index contributed by atoms with van der Waals surface area (Å²) in [5.74, 6) is -1.22. The molecule has 0 saturated carbocycles. The van der Waals surface area contributed by atoms with E-state index < -0.39 is 33.7 Å². The molecule has 3 aromatic rings. The van der Waals surface area contributed by atoms with Crippen LogP contribution in [-0.2, 0) is 10.0 Å². The number of ether oxygens (including phenoxy) is 2. The van der Waals surface area contributed by atoms with Crippen molar-refractivity contribution < 1.29 is 35.5 Å². The fourth-order valence-electron chi connectivity index (χ4n) is 2.69. The second-order valence-corrected chi connectivity index (χ2v) is 9.64. The van der Waals surface area contributed by atoms with Crippen molar-refractivity contribution in [3.63, 3.8) is 0 Å². The number of alkyl halides is 4. The zero-order valence-corrected chi connectivity index (χ0v) is 17.7. The van der Waals surface area contributed by atoms with E-state index in [-0.39, 0.29) is 20.4 Å². The van der Waals surface area contributed by atoms with Crippen molar-refractivity contribution >= 4 is 33.0 Å². The molecule has 0 saturated heterocycles. The number of hydrogen-bond donors (Lipinski definition) is 0. The normalized spacial score (nSPS) is 17.5. The van der Waals surface area contributed by atoms with Gasteiger partial charge in [-0.1, -0.05) is 17.7 Å². The first-order chi connectivity index (χ1) is 14.4. The van der Waals surface area contributed by atoms with Crippen LogP contribution in [0.25, 0.3) is 5.69 Å². The Kier molecular flexibility index (Phi) is 5.06. The summed E-state index contributed by atoms with van der Waals surface area (Å²) in [5.41, 5.74) is 0.146. The summed E-state index contributed by atoms with van der Waals surface area (Å²) in [4.78, 5) is 0.500. The lowest BCUT2D eigenvalue weighted by Crippen LogP contribution is -2.52. The van der Waals surface area contributed by atoms with Crippen LogP contribution >= 0.6 is 22.9 Å². The number of aromatic nitrogens is 1. The SMILES string of the molecule is Cc1cn(-c2ccc3c(c2)OC(F)(F)C(F)(F)O3)c(=NS(=O)(=O)c2cccc(Cl)c2)s1. The minimum atomic E-state index is -4.88. The van der Waals surface area contributed by atoms with Crippen molar-refractivity contribution in [2.75, 3.05) is 0 Å². The molecular formula is C18H11ClF4N2O4S2. The van der Waals surface area contributed by atoms with Crippen LogP contribution in [0.1, 0.15) is 4.88 Å². The zero-order valence-electron chi connectivity index (χ0n) is 15.4. The predicted molar refractivity (Wildman–Crippen MR) is 104 cm³/mol. The van der Waals surface area contributed by atoms with Gasteiger partial charge in [-0.15, -0.1) is 15.7 Å². The third-order valence-electron chi connectivity index (χ3n) is 4.08. The molecule has 1 aliphatic rings. The highest BCUT2D eigenvalue weighted by molar-refractivity contribution is 7.90. The van der Waals surface area contributed by atoms with Crippen LogP contribution in [0.4, 0.5) is 17.6 Å². The predicted octanol–water partition coefficient (Wildman–Crippen LogP) is 4.75. The number of benzene rings is 2. The van der Waals surface area contributed by atoms with E-state index in [1.54, 1.807) is 6.92 Å². The molecule has 0 atom stereocenters. The van der Waals surface area contributed by atoms with Crippen LogP contribution in [-0.4, -0.2) is 25.2 Å². The third kappa shape index (κ3) is 4.02. The van der Waals surface area contributed by atoms with E-state index in [0.29, 0.717) is 4.88 Å². The zero-order chi connectivity index (χ0) is 22.6. The van der Waals surface area contributed by atoms with Crippen LogP contribution in [0.2, 0.25) is 5.02 Å². The van der Waals surface area contributed by atoms with Crippen LogP contribution < -0.4 is 14.3 Å². The van der Waals surface area contributed by atoms with Crippen LogP contribution in [0.5, 0.6) is 11.5 Å². The first kappa shape index (κ1) is 21.7. The third-order valence-corrected chi connectivity index (χ3v) is 6.59. The van der Waals surface area contributed by atoms with Gasteiger partial charge in [0.2, 0.25) is 4.80 Å². The number of aryl methyl sites for hydroxylation is 1. The molecule has 0 amide bonds. The highest BCUT2D eigenvalue weighted by Crippen LogP contribution is 2.47. The fourth-order valence-corrected chi connectivity index (χ4v) is 5.02. The molecule has 31 heavy (non-hydrogen) atoms. The van der Waals surface area contributed by atoms with Gasteiger partial charge in [0.25, 0.3) is 10.0 Å². The molecule has 164 valence electrons. The Morgan fingerprint density at radius 2 is 1.71 bits per heavy atom. The minimum absolute atomic E-state index is 0.00811. The average Bonchev–Trinajstić information content (AvgIpc) is 3.01. The molecule has 0 radical (unpaired) electrons. The molecule has 0 unspecified atom stereocenters. The molecule has 0 fully saturated rings. The summed E-state index contributed by atoms with van der Waals surface area (Å²) in [5, 5.41) is 0.205. The molecular weight excluding hydrogens is 484 g/mol. The Morgan fingerprint density at radius 3 is 2.39 bits per heavy atom. The van der Waals surface area contributed by atoms with Crippen LogP contribution in [0, 0.1) is 6.92 Å². The van der Waals surface area contributed by atoms with E-state index in [4.69, 9.17) is 11.6 Å². The van der Waals surface area contributed by atoms with Crippen molar-refractivity contribution in [1.29, 1.82) is 0 Å². The Morgan fingerprint density at radius 1 is 1.03 bits per heavy atom. The average molecular weight is 495 g/mol. The van der Waals surface area contributed by atoms with Gasteiger partial charge in [0, 0.05) is 22.2 Å². The number of thiazole rings is 1. The van der Waals surface area contributed by atoms with Gasteiger partial charge in [0.15, 0.2) is 11.5 Å². The standard InChI is InChI=1S/C18H11ClF4N2O4S2/c1-10-9-25(16(30-10)24-31(26,27)13-4-2-3-11(19)7-13)12-5-6-14-15(8-12)29-18(22,23)17(20,21)28-14/h2-9H,1H3. The summed E-state index contributed by atoms with van der Waals surface area (Å²) in [6.07, 6.45) is -8.20. The van der Waals surface area contributed by atoms with E-state index >= 15 is 0 Å². The molecule has 1 aromatic heterocycles. The number of sulfonamides is 1. The van der Waals surface area contributed by atoms with E-state index in [9.17, 15) is 26.0 Å². The number of rotatable bonds is 3. The summed E-state index contributed by atoms with van der Waals surface area (Å²) < 4.78 is 92.4. The number of nitrogens with zero attached hydrogens (tertiary/aromatic N) is 2. The molecule has 6 nitrogen and oxygen atoms in total. The Bertz CT molecular complexity index is 1350. The maximum atomic E-state index is 13.5. The lowest BCUT2D eigenvalue weighted by Gasteiger charge is -2.31. The summed E-state index contributed by atoms with van der Waals surface area (Å²) >= 11 is 6.86. The highest BCUT2D eigenvalue weighted by Gasteiger charge is 2.65. The van der Waals surface area contributed by atoms with E-state index in [1.807, 2.05) is 0 Å². The fraction of sp³-hybridized carbons (Fsp3) is 0.167. The Balaban J connectivity index is 1.81. The van der Waals surface area contributed by atoms with Crippen LogP contribution in [0.15, 0.2) is 58.0 Å². The van der Waals surface area contributed by atoms with Gasteiger partial charge in [0.05, 0.1) is 10.6 Å².